The van der Waals surface area contributed by atoms with E-state index in [4.69, 9.17) is 11.6 Å². The highest BCUT2D eigenvalue weighted by Crippen LogP contribution is 2.25. The lowest BCUT2D eigenvalue weighted by atomic mass is 10.1. The van der Waals surface area contributed by atoms with Crippen LogP contribution in [0.25, 0.3) is 0 Å². The van der Waals surface area contributed by atoms with Gasteiger partial charge >= 0.3 is 0 Å². The fraction of sp³-hybridized carbons (Fsp3) is 0.364. The van der Waals surface area contributed by atoms with E-state index in [0.29, 0.717) is 28.5 Å². The Morgan fingerprint density at radius 3 is 2.23 bits per heavy atom. The first-order valence-corrected chi connectivity index (χ1v) is 12.2. The van der Waals surface area contributed by atoms with Crippen LogP contribution in [0.15, 0.2) is 48.5 Å². The Hall–Kier alpha value is -2.58. The Kier molecular flexibility index (Phi) is 8.47. The molecule has 0 saturated heterocycles. The molecule has 2 amide bonds. The number of hydrogen-bond acceptors (Lipinski definition) is 4. The molecule has 0 unspecified atom stereocenters. The molecule has 0 aliphatic heterocycles. The Morgan fingerprint density at radius 2 is 1.68 bits per heavy atom. The van der Waals surface area contributed by atoms with Crippen molar-refractivity contribution < 1.29 is 18.0 Å². The smallest absolute Gasteiger partial charge is 0.253 e. The highest BCUT2D eigenvalue weighted by Gasteiger charge is 2.32. The molecule has 0 radical (unpaired) electrons. The first kappa shape index (κ1) is 24.7. The molecule has 0 heterocycles. The topological polar surface area (TPSA) is 95.6 Å². The number of nitrogens with zero attached hydrogens (tertiary/aromatic N) is 1. The predicted octanol–water partition coefficient (Wildman–Crippen LogP) is 3.91. The molecule has 31 heavy (non-hydrogen) atoms. The average molecular weight is 466 g/mol. The van der Waals surface area contributed by atoms with Crippen molar-refractivity contribution in [3.05, 3.63) is 59.1 Å². The van der Waals surface area contributed by atoms with Crippen LogP contribution in [0.5, 0.6) is 0 Å². The van der Waals surface area contributed by atoms with Gasteiger partial charge in [0.25, 0.3) is 5.91 Å². The highest BCUT2D eigenvalue weighted by atomic mass is 35.5. The highest BCUT2D eigenvalue weighted by molar-refractivity contribution is 7.92. The van der Waals surface area contributed by atoms with Crippen molar-refractivity contribution in [2.45, 2.75) is 33.2 Å². The van der Waals surface area contributed by atoms with E-state index in [1.165, 1.54) is 0 Å². The van der Waals surface area contributed by atoms with Crippen molar-refractivity contribution in [1.29, 1.82) is 0 Å². The lowest BCUT2D eigenvalue weighted by Crippen LogP contribution is -2.47. The molecule has 2 N–H and O–H groups in total. The molecule has 0 aliphatic rings. The largest absolute Gasteiger partial charge is 0.352 e. The summed E-state index contributed by atoms with van der Waals surface area (Å²) in [6, 6.07) is 11.8. The predicted molar refractivity (Wildman–Crippen MR) is 125 cm³/mol. The minimum Gasteiger partial charge on any atom is -0.352 e. The Morgan fingerprint density at radius 1 is 1.06 bits per heavy atom. The number of carbonyl (C=O) groups excluding carboxylic acids is 2. The van der Waals surface area contributed by atoms with Crippen molar-refractivity contribution in [2.24, 2.45) is 5.92 Å². The van der Waals surface area contributed by atoms with Gasteiger partial charge in [-0.25, -0.2) is 8.42 Å². The zero-order valence-electron chi connectivity index (χ0n) is 18.1. The molecule has 1 atom stereocenters. The molecule has 2 aromatic carbocycles. The molecular weight excluding hydrogens is 438 g/mol. The third-order valence-electron chi connectivity index (χ3n) is 4.51. The first-order chi connectivity index (χ1) is 14.5. The zero-order valence-corrected chi connectivity index (χ0v) is 19.6. The fourth-order valence-corrected chi connectivity index (χ4v) is 4.38. The molecular formula is C22H28ClN3O4S. The van der Waals surface area contributed by atoms with E-state index < -0.39 is 22.0 Å². The van der Waals surface area contributed by atoms with Gasteiger partial charge in [0.2, 0.25) is 15.9 Å². The number of para-hydroxylation sites is 1. The molecule has 0 saturated carbocycles. The van der Waals surface area contributed by atoms with Gasteiger partial charge in [-0.2, -0.15) is 0 Å². The quantitative estimate of drug-likeness (QED) is 0.586. The molecule has 2 aromatic rings. The number of amides is 2. The molecule has 0 fully saturated rings. The van der Waals surface area contributed by atoms with Crippen LogP contribution in [0.1, 0.15) is 37.6 Å². The minimum atomic E-state index is -3.77. The number of sulfonamides is 1. The van der Waals surface area contributed by atoms with Gasteiger partial charge in [-0.15, -0.1) is 0 Å². The molecule has 0 bridgehead atoms. The van der Waals surface area contributed by atoms with Gasteiger partial charge in [0.15, 0.2) is 0 Å². The van der Waals surface area contributed by atoms with Crippen LogP contribution in [0.2, 0.25) is 5.02 Å². The fourth-order valence-electron chi connectivity index (χ4n) is 3.05. The van der Waals surface area contributed by atoms with Gasteiger partial charge in [0.1, 0.15) is 6.04 Å². The average Bonchev–Trinajstić information content (AvgIpc) is 2.70. The van der Waals surface area contributed by atoms with Crippen molar-refractivity contribution >= 4 is 44.8 Å². The molecule has 168 valence electrons. The van der Waals surface area contributed by atoms with Crippen LogP contribution in [-0.4, -0.2) is 39.1 Å². The van der Waals surface area contributed by atoms with E-state index in [9.17, 15) is 18.0 Å². The van der Waals surface area contributed by atoms with Crippen LogP contribution in [0.4, 0.5) is 11.4 Å². The SMILES string of the molecule is CC[C@H](C(=O)Nc1ccccc1C(=O)NCC(C)C)N(c1ccc(Cl)cc1)S(C)(=O)=O. The number of rotatable bonds is 9. The minimum absolute atomic E-state index is 0.225. The van der Waals surface area contributed by atoms with E-state index >= 15 is 0 Å². The second-order valence-corrected chi connectivity index (χ2v) is 9.89. The zero-order chi connectivity index (χ0) is 23.2. The summed E-state index contributed by atoms with van der Waals surface area (Å²) in [5, 5.41) is 6.01. The third kappa shape index (κ3) is 6.70. The Bertz CT molecular complexity index is 1020. The number of benzene rings is 2. The van der Waals surface area contributed by atoms with Gasteiger partial charge in [-0.3, -0.25) is 13.9 Å². The molecule has 0 spiro atoms. The number of hydrogen-bond donors (Lipinski definition) is 2. The van der Waals surface area contributed by atoms with Gasteiger partial charge in [-0.1, -0.05) is 44.5 Å². The van der Waals surface area contributed by atoms with Crippen molar-refractivity contribution in [2.75, 3.05) is 22.4 Å². The summed E-state index contributed by atoms with van der Waals surface area (Å²) >= 11 is 5.92. The summed E-state index contributed by atoms with van der Waals surface area (Å²) in [4.78, 5) is 25.7. The monoisotopic (exact) mass is 465 g/mol. The van der Waals surface area contributed by atoms with Crippen LogP contribution < -0.4 is 14.9 Å². The van der Waals surface area contributed by atoms with Gasteiger partial charge in [0.05, 0.1) is 23.2 Å². The normalized spacial score (nSPS) is 12.3. The van der Waals surface area contributed by atoms with Gasteiger partial charge in [-0.05, 0) is 48.7 Å². The van der Waals surface area contributed by atoms with Crippen LogP contribution in [-0.2, 0) is 14.8 Å². The van der Waals surface area contributed by atoms with Crippen molar-refractivity contribution in [3.8, 4) is 0 Å². The van der Waals surface area contributed by atoms with E-state index in [1.54, 1.807) is 55.5 Å². The molecule has 7 nitrogen and oxygen atoms in total. The summed E-state index contributed by atoms with van der Waals surface area (Å²) in [7, 11) is -3.77. The van der Waals surface area contributed by atoms with Crippen LogP contribution >= 0.6 is 11.6 Å². The van der Waals surface area contributed by atoms with Crippen LogP contribution in [0.3, 0.4) is 0 Å². The van der Waals surface area contributed by atoms with Gasteiger partial charge in [0, 0.05) is 11.6 Å². The maximum absolute atomic E-state index is 13.1. The van der Waals surface area contributed by atoms with Crippen molar-refractivity contribution in [1.82, 2.24) is 5.32 Å². The summed E-state index contributed by atoms with van der Waals surface area (Å²) < 4.78 is 26.2. The summed E-state index contributed by atoms with van der Waals surface area (Å²) in [5.74, 6) is -0.569. The number of nitrogens with one attached hydrogen (secondary N) is 2. The van der Waals surface area contributed by atoms with E-state index in [2.05, 4.69) is 10.6 Å². The Labute approximate surface area is 188 Å². The number of halogens is 1. The maximum atomic E-state index is 13.1. The maximum Gasteiger partial charge on any atom is 0.253 e. The summed E-state index contributed by atoms with van der Waals surface area (Å²) in [5.41, 5.74) is 0.956. The molecule has 2 rings (SSSR count). The molecule has 0 aliphatic carbocycles. The second kappa shape index (κ2) is 10.6. The van der Waals surface area contributed by atoms with Gasteiger partial charge < -0.3 is 10.6 Å². The van der Waals surface area contributed by atoms with E-state index in [-0.39, 0.29) is 18.2 Å². The number of anilines is 2. The third-order valence-corrected chi connectivity index (χ3v) is 5.94. The standard InChI is InChI=1S/C22H28ClN3O4S/c1-5-20(26(31(4,29)30)17-12-10-16(23)11-13-17)22(28)25-19-9-7-6-8-18(19)21(27)24-14-15(2)3/h6-13,15,20H,5,14H2,1-4H3,(H,24,27)(H,25,28)/t20-/m1/s1. The van der Waals surface area contributed by atoms with E-state index in [0.717, 1.165) is 10.6 Å². The van der Waals surface area contributed by atoms with Crippen LogP contribution in [0, 0.1) is 5.92 Å². The van der Waals surface area contributed by atoms with Crippen molar-refractivity contribution in [3.63, 3.8) is 0 Å². The second-order valence-electron chi connectivity index (χ2n) is 7.60. The molecule has 0 aromatic heterocycles. The Balaban J connectivity index is 2.34. The first-order valence-electron chi connectivity index (χ1n) is 9.97. The molecule has 9 heteroatoms. The van der Waals surface area contributed by atoms with E-state index in [1.807, 2.05) is 13.8 Å². The lowest BCUT2D eigenvalue weighted by molar-refractivity contribution is -0.117. The number of carbonyl (C=O) groups is 2. The summed E-state index contributed by atoms with van der Waals surface area (Å²) in [6.07, 6.45) is 1.27. The lowest BCUT2D eigenvalue weighted by Gasteiger charge is -2.30. The summed E-state index contributed by atoms with van der Waals surface area (Å²) in [6.45, 7) is 6.18.